The van der Waals surface area contributed by atoms with Crippen molar-refractivity contribution in [1.82, 2.24) is 5.32 Å². The van der Waals surface area contributed by atoms with E-state index in [1.165, 1.54) is 7.11 Å². The van der Waals surface area contributed by atoms with Crippen LogP contribution in [0.4, 0.5) is 0 Å². The summed E-state index contributed by atoms with van der Waals surface area (Å²) in [4.78, 5) is 11.9. The van der Waals surface area contributed by atoms with Crippen LogP contribution in [0.5, 0.6) is 11.5 Å². The van der Waals surface area contributed by atoms with Crippen molar-refractivity contribution < 1.29 is 14.3 Å². The average Bonchev–Trinajstić information content (AvgIpc) is 2.38. The molecule has 17 heavy (non-hydrogen) atoms. The minimum atomic E-state index is -0.151. The molecular formula is C12H16BrNO3. The Morgan fingerprint density at radius 2 is 2.12 bits per heavy atom. The number of hydrogen-bond donors (Lipinski definition) is 1. The molecule has 4 nitrogen and oxygen atoms in total. The molecule has 0 saturated heterocycles. The minimum absolute atomic E-state index is 0.151. The molecule has 94 valence electrons. The number of carbonyl (C=O) groups is 1. The van der Waals surface area contributed by atoms with Crippen LogP contribution in [0.2, 0.25) is 0 Å². The van der Waals surface area contributed by atoms with E-state index in [1.54, 1.807) is 25.3 Å². The lowest BCUT2D eigenvalue weighted by molar-refractivity contribution is 0.0950. The van der Waals surface area contributed by atoms with Crippen molar-refractivity contribution in [3.05, 3.63) is 23.8 Å². The van der Waals surface area contributed by atoms with Crippen molar-refractivity contribution in [3.8, 4) is 11.5 Å². The quantitative estimate of drug-likeness (QED) is 0.647. The number of nitrogens with one attached hydrogen (secondary N) is 1. The number of hydrogen-bond acceptors (Lipinski definition) is 3. The summed E-state index contributed by atoms with van der Waals surface area (Å²) >= 11 is 3.31. The number of rotatable bonds is 6. The second-order valence-electron chi connectivity index (χ2n) is 3.36. The Hall–Kier alpha value is -1.23. The molecule has 0 saturated carbocycles. The summed E-state index contributed by atoms with van der Waals surface area (Å²) in [5.74, 6) is 1.03. The monoisotopic (exact) mass is 301 g/mol. The highest BCUT2D eigenvalue weighted by Crippen LogP contribution is 2.23. The van der Waals surface area contributed by atoms with Gasteiger partial charge in [-0.1, -0.05) is 15.9 Å². The maximum Gasteiger partial charge on any atom is 0.255 e. The summed E-state index contributed by atoms with van der Waals surface area (Å²) in [5, 5.41) is 3.69. The van der Waals surface area contributed by atoms with Gasteiger partial charge in [0.05, 0.1) is 19.8 Å². The molecule has 0 atom stereocenters. The first-order valence-electron chi connectivity index (χ1n) is 5.29. The number of benzene rings is 1. The smallest absolute Gasteiger partial charge is 0.255 e. The van der Waals surface area contributed by atoms with Gasteiger partial charge in [0, 0.05) is 11.9 Å². The first-order valence-corrected chi connectivity index (χ1v) is 6.41. The first-order chi connectivity index (χ1) is 8.22. The van der Waals surface area contributed by atoms with Crippen LogP contribution < -0.4 is 14.8 Å². The topological polar surface area (TPSA) is 47.6 Å². The Bertz CT molecular complexity index is 382. The lowest BCUT2D eigenvalue weighted by Crippen LogP contribution is -2.25. The van der Waals surface area contributed by atoms with Crippen molar-refractivity contribution in [3.63, 3.8) is 0 Å². The molecule has 0 spiro atoms. The summed E-state index contributed by atoms with van der Waals surface area (Å²) in [6.45, 7) is 0.629. The molecule has 1 aromatic carbocycles. The number of carbonyl (C=O) groups excluding carboxylic acids is 1. The van der Waals surface area contributed by atoms with Crippen LogP contribution in [0.3, 0.4) is 0 Å². The van der Waals surface area contributed by atoms with Gasteiger partial charge in [-0.3, -0.25) is 4.79 Å². The van der Waals surface area contributed by atoms with Gasteiger partial charge in [-0.2, -0.15) is 0 Å². The molecule has 1 rings (SSSR count). The molecular weight excluding hydrogens is 286 g/mol. The summed E-state index contributed by atoms with van der Waals surface area (Å²) in [7, 11) is 3.10. The lowest BCUT2D eigenvalue weighted by Gasteiger charge is -2.10. The van der Waals surface area contributed by atoms with Crippen molar-refractivity contribution >= 4 is 21.8 Å². The Morgan fingerprint density at radius 3 is 2.71 bits per heavy atom. The first kappa shape index (κ1) is 13.8. The molecule has 1 N–H and O–H groups in total. The predicted molar refractivity (Wildman–Crippen MR) is 70.3 cm³/mol. The van der Waals surface area contributed by atoms with Gasteiger partial charge in [0.25, 0.3) is 5.91 Å². The molecule has 0 unspecified atom stereocenters. The third-order valence-corrected chi connectivity index (χ3v) is 2.81. The molecule has 0 aromatic heterocycles. The van der Waals surface area contributed by atoms with Gasteiger partial charge in [-0.15, -0.1) is 0 Å². The molecule has 1 aromatic rings. The van der Waals surface area contributed by atoms with Gasteiger partial charge >= 0.3 is 0 Å². The van der Waals surface area contributed by atoms with Crippen molar-refractivity contribution in [1.29, 1.82) is 0 Å². The predicted octanol–water partition coefficient (Wildman–Crippen LogP) is 2.22. The second kappa shape index (κ2) is 7.17. The van der Waals surface area contributed by atoms with Gasteiger partial charge in [-0.25, -0.2) is 0 Å². The van der Waals surface area contributed by atoms with E-state index in [2.05, 4.69) is 21.2 Å². The highest BCUT2D eigenvalue weighted by Gasteiger charge is 2.12. The van der Waals surface area contributed by atoms with Crippen LogP contribution in [0.1, 0.15) is 16.8 Å². The van der Waals surface area contributed by atoms with E-state index >= 15 is 0 Å². The second-order valence-corrected chi connectivity index (χ2v) is 4.16. The number of methoxy groups -OCH3 is 2. The van der Waals surface area contributed by atoms with E-state index in [1.807, 2.05) is 0 Å². The summed E-state index contributed by atoms with van der Waals surface area (Å²) < 4.78 is 10.2. The van der Waals surface area contributed by atoms with Crippen LogP contribution in [-0.4, -0.2) is 32.0 Å². The molecule has 0 heterocycles. The van der Waals surface area contributed by atoms with E-state index in [0.29, 0.717) is 23.6 Å². The van der Waals surface area contributed by atoms with Crippen LogP contribution in [-0.2, 0) is 0 Å². The van der Waals surface area contributed by atoms with E-state index in [-0.39, 0.29) is 5.91 Å². The fourth-order valence-electron chi connectivity index (χ4n) is 1.36. The van der Waals surface area contributed by atoms with E-state index in [4.69, 9.17) is 9.47 Å². The number of halogens is 1. The highest BCUT2D eigenvalue weighted by molar-refractivity contribution is 9.09. The summed E-state index contributed by atoms with van der Waals surface area (Å²) in [5.41, 5.74) is 0.487. The molecule has 1 amide bonds. The maximum absolute atomic E-state index is 11.9. The number of amides is 1. The Balaban J connectivity index is 2.82. The van der Waals surface area contributed by atoms with Crippen LogP contribution in [0.25, 0.3) is 0 Å². The maximum atomic E-state index is 11.9. The lowest BCUT2D eigenvalue weighted by atomic mass is 10.1. The molecule has 0 bridgehead atoms. The zero-order valence-corrected chi connectivity index (χ0v) is 11.5. The normalized spacial score (nSPS) is 9.82. The van der Waals surface area contributed by atoms with Crippen LogP contribution in [0, 0.1) is 0 Å². The molecule has 5 heteroatoms. The summed E-state index contributed by atoms with van der Waals surface area (Å²) in [6, 6.07) is 5.15. The SMILES string of the molecule is COc1ccc(OC)c(C(=O)NCCCBr)c1. The molecule has 0 radical (unpaired) electrons. The third-order valence-electron chi connectivity index (χ3n) is 2.25. The van der Waals surface area contributed by atoms with Crippen LogP contribution >= 0.6 is 15.9 Å². The number of ether oxygens (including phenoxy) is 2. The van der Waals surface area contributed by atoms with E-state index < -0.39 is 0 Å². The Morgan fingerprint density at radius 1 is 1.35 bits per heavy atom. The van der Waals surface area contributed by atoms with Crippen molar-refractivity contribution in [2.24, 2.45) is 0 Å². The molecule has 0 aliphatic rings. The van der Waals surface area contributed by atoms with Gasteiger partial charge < -0.3 is 14.8 Å². The third kappa shape index (κ3) is 3.93. The van der Waals surface area contributed by atoms with Crippen LogP contribution in [0.15, 0.2) is 18.2 Å². The molecule has 0 fully saturated rings. The fourth-order valence-corrected chi connectivity index (χ4v) is 1.64. The van der Waals surface area contributed by atoms with Crippen molar-refractivity contribution in [2.45, 2.75) is 6.42 Å². The van der Waals surface area contributed by atoms with E-state index in [0.717, 1.165) is 11.8 Å². The zero-order chi connectivity index (χ0) is 12.7. The van der Waals surface area contributed by atoms with Crippen molar-refractivity contribution in [2.75, 3.05) is 26.1 Å². The Kier molecular flexibility index (Phi) is 5.83. The average molecular weight is 302 g/mol. The van der Waals surface area contributed by atoms with Gasteiger partial charge in [0.1, 0.15) is 11.5 Å². The summed E-state index contributed by atoms with van der Waals surface area (Å²) in [6.07, 6.45) is 0.887. The molecule has 0 aliphatic heterocycles. The van der Waals surface area contributed by atoms with Gasteiger partial charge in [0.2, 0.25) is 0 Å². The van der Waals surface area contributed by atoms with E-state index in [9.17, 15) is 4.79 Å². The van der Waals surface area contributed by atoms with Gasteiger partial charge in [-0.05, 0) is 24.6 Å². The fraction of sp³-hybridized carbons (Fsp3) is 0.417. The Labute approximate surface area is 109 Å². The highest BCUT2D eigenvalue weighted by atomic mass is 79.9. The van der Waals surface area contributed by atoms with Gasteiger partial charge in [0.15, 0.2) is 0 Å². The minimum Gasteiger partial charge on any atom is -0.497 e. The standard InChI is InChI=1S/C12H16BrNO3/c1-16-9-4-5-11(17-2)10(8-9)12(15)14-7-3-6-13/h4-5,8H,3,6-7H2,1-2H3,(H,14,15). The zero-order valence-electron chi connectivity index (χ0n) is 9.96. The molecule has 0 aliphatic carbocycles. The number of alkyl halides is 1. The largest absolute Gasteiger partial charge is 0.497 e.